The van der Waals surface area contributed by atoms with Crippen LogP contribution in [0.15, 0.2) is 66.9 Å². The summed E-state index contributed by atoms with van der Waals surface area (Å²) in [4.78, 5) is 5.07. The molecule has 0 spiro atoms. The van der Waals surface area contributed by atoms with Crippen molar-refractivity contribution < 1.29 is 0 Å². The van der Waals surface area contributed by atoms with E-state index >= 15 is 0 Å². The van der Waals surface area contributed by atoms with Gasteiger partial charge in [0.2, 0.25) is 0 Å². The van der Waals surface area contributed by atoms with Gasteiger partial charge in [-0.3, -0.25) is 4.98 Å². The minimum Gasteiger partial charge on any atom is -0.308 e. The lowest BCUT2D eigenvalue weighted by atomic mass is 9.84. The van der Waals surface area contributed by atoms with Crippen molar-refractivity contribution in [2.75, 3.05) is 0 Å². The molecule has 3 aromatic heterocycles. The molecule has 1 fully saturated rings. The number of pyridine rings is 2. The van der Waals surface area contributed by atoms with Gasteiger partial charge in [0.15, 0.2) is 0 Å². The highest BCUT2D eigenvalue weighted by Gasteiger charge is 2.25. The van der Waals surface area contributed by atoms with Gasteiger partial charge in [0.1, 0.15) is 0 Å². The van der Waals surface area contributed by atoms with Gasteiger partial charge in [0.05, 0.1) is 22.1 Å². The summed E-state index contributed by atoms with van der Waals surface area (Å²) in [5, 5.41) is 9.24. The third-order valence-corrected chi connectivity index (χ3v) is 9.07. The lowest BCUT2D eigenvalue weighted by Crippen LogP contribution is -2.11. The number of benzene rings is 4. The van der Waals surface area contributed by atoms with Crippen LogP contribution in [0.2, 0.25) is 0 Å². The molecule has 2 nitrogen and oxygen atoms in total. The highest BCUT2D eigenvalue weighted by molar-refractivity contribution is 6.28. The molecule has 7 aromatic rings. The first-order valence-electron chi connectivity index (χ1n) is 14.3. The highest BCUT2D eigenvalue weighted by atomic mass is 14.9. The number of hydrogen-bond acceptors (Lipinski definition) is 1. The van der Waals surface area contributed by atoms with Crippen molar-refractivity contribution in [2.45, 2.75) is 65.7 Å². The fraction of sp³-hybridized carbons (Fsp3) is 0.306. The van der Waals surface area contributed by atoms with Crippen LogP contribution < -0.4 is 0 Å². The van der Waals surface area contributed by atoms with Crippen molar-refractivity contribution in [2.24, 2.45) is 5.41 Å². The monoisotopic (exact) mass is 494 g/mol. The molecule has 0 aliphatic heterocycles. The zero-order valence-corrected chi connectivity index (χ0v) is 22.9. The van der Waals surface area contributed by atoms with Crippen LogP contribution in [-0.4, -0.2) is 9.38 Å². The molecule has 2 heteroatoms. The lowest BCUT2D eigenvalue weighted by molar-refractivity contribution is 0.413. The van der Waals surface area contributed by atoms with Crippen molar-refractivity contribution in [1.82, 2.24) is 9.38 Å². The molecule has 188 valence electrons. The van der Waals surface area contributed by atoms with Gasteiger partial charge in [-0.2, -0.15) is 0 Å². The van der Waals surface area contributed by atoms with E-state index in [0.717, 1.165) is 11.9 Å². The maximum Gasteiger partial charge on any atom is 0.0823 e. The normalized spacial score (nSPS) is 15.5. The second-order valence-electron chi connectivity index (χ2n) is 13.0. The average Bonchev–Trinajstić information content (AvgIpc) is 3.54. The summed E-state index contributed by atoms with van der Waals surface area (Å²) in [6.07, 6.45) is 8.35. The molecule has 38 heavy (non-hydrogen) atoms. The zero-order chi connectivity index (χ0) is 25.8. The predicted octanol–water partition coefficient (Wildman–Crippen LogP) is 10.1. The quantitative estimate of drug-likeness (QED) is 0.173. The molecule has 1 saturated carbocycles. The van der Waals surface area contributed by atoms with Gasteiger partial charge >= 0.3 is 0 Å². The van der Waals surface area contributed by atoms with Gasteiger partial charge in [0.25, 0.3) is 0 Å². The number of fused-ring (bicyclic) bond motifs is 7. The first-order chi connectivity index (χ1) is 18.4. The van der Waals surface area contributed by atoms with E-state index in [1.165, 1.54) is 96.6 Å². The van der Waals surface area contributed by atoms with E-state index in [0.29, 0.717) is 5.92 Å². The minimum atomic E-state index is 0.153. The Balaban J connectivity index is 1.67. The van der Waals surface area contributed by atoms with Crippen LogP contribution in [0.3, 0.4) is 0 Å². The van der Waals surface area contributed by atoms with E-state index in [1.54, 1.807) is 0 Å². The third-order valence-electron chi connectivity index (χ3n) is 9.07. The first-order valence-corrected chi connectivity index (χ1v) is 14.3. The first kappa shape index (κ1) is 22.3. The van der Waals surface area contributed by atoms with Crippen molar-refractivity contribution >= 4 is 59.8 Å². The zero-order valence-electron chi connectivity index (χ0n) is 22.9. The van der Waals surface area contributed by atoms with Crippen LogP contribution in [0.25, 0.3) is 59.8 Å². The minimum absolute atomic E-state index is 0.153. The van der Waals surface area contributed by atoms with Crippen molar-refractivity contribution in [1.29, 1.82) is 0 Å². The summed E-state index contributed by atoms with van der Waals surface area (Å²) in [5.41, 5.74) is 9.58. The maximum absolute atomic E-state index is 5.07. The smallest absolute Gasteiger partial charge is 0.0823 e. The maximum atomic E-state index is 5.07. The number of rotatable bonds is 2. The molecular formula is C36H34N2. The van der Waals surface area contributed by atoms with Crippen LogP contribution in [0.1, 0.15) is 69.1 Å². The third kappa shape index (κ3) is 3.10. The Labute approximate surface area is 223 Å². The Bertz CT molecular complexity index is 2040. The topological polar surface area (TPSA) is 17.3 Å². The van der Waals surface area contributed by atoms with E-state index in [1.807, 2.05) is 6.20 Å². The van der Waals surface area contributed by atoms with E-state index in [-0.39, 0.29) is 5.41 Å². The molecule has 0 N–H and O–H groups in total. The standard InChI is InChI=1S/C36H34N2/c1-21-9-12-26-25(17-21)18-29-33-32-23(15-16-37-33)10-14-28-27-13-11-24(22-7-5-6-8-22)19-31(27)38(35(28)32)34(29)30(26)20-36(2,3)4/h9-19,22H,5-8,20H2,1-4H3. The summed E-state index contributed by atoms with van der Waals surface area (Å²) in [6, 6.07) is 23.6. The SMILES string of the molecule is Cc1ccc2c(CC(C)(C)C)c3c(cc2c1)c1nccc2ccc4c5ccc(C6CCCC6)cc5n3c4c21. The Kier molecular flexibility index (Phi) is 4.52. The number of nitrogens with zero attached hydrogens (tertiary/aromatic N) is 2. The Morgan fingerprint density at radius 3 is 2.39 bits per heavy atom. The van der Waals surface area contributed by atoms with Crippen molar-refractivity contribution in [3.05, 3.63) is 83.6 Å². The average molecular weight is 495 g/mol. The number of hydrogen-bond donors (Lipinski definition) is 0. The van der Waals surface area contributed by atoms with Gasteiger partial charge < -0.3 is 4.40 Å². The second-order valence-corrected chi connectivity index (χ2v) is 13.0. The fourth-order valence-electron chi connectivity index (χ4n) is 7.47. The van der Waals surface area contributed by atoms with Crippen LogP contribution in [-0.2, 0) is 6.42 Å². The summed E-state index contributed by atoms with van der Waals surface area (Å²) < 4.78 is 2.63. The number of aromatic nitrogens is 2. The molecule has 0 unspecified atom stereocenters. The molecule has 0 atom stereocenters. The highest BCUT2D eigenvalue weighted by Crippen LogP contribution is 2.45. The van der Waals surface area contributed by atoms with Gasteiger partial charge in [-0.25, -0.2) is 0 Å². The van der Waals surface area contributed by atoms with Crippen molar-refractivity contribution in [3.8, 4) is 0 Å². The van der Waals surface area contributed by atoms with Gasteiger partial charge in [-0.15, -0.1) is 0 Å². The van der Waals surface area contributed by atoms with Gasteiger partial charge in [-0.1, -0.05) is 81.6 Å². The van der Waals surface area contributed by atoms with E-state index in [2.05, 4.69) is 92.8 Å². The van der Waals surface area contributed by atoms with Crippen molar-refractivity contribution in [3.63, 3.8) is 0 Å². The van der Waals surface area contributed by atoms with Crippen LogP contribution in [0.4, 0.5) is 0 Å². The molecule has 0 saturated heterocycles. The Morgan fingerprint density at radius 2 is 1.58 bits per heavy atom. The second kappa shape index (κ2) is 7.69. The summed E-state index contributed by atoms with van der Waals surface area (Å²) in [5.74, 6) is 0.691. The molecule has 4 aromatic carbocycles. The van der Waals surface area contributed by atoms with E-state index in [4.69, 9.17) is 4.98 Å². The van der Waals surface area contributed by atoms with Gasteiger partial charge in [0, 0.05) is 27.7 Å². The number of aryl methyl sites for hydroxylation is 1. The van der Waals surface area contributed by atoms with Crippen LogP contribution in [0, 0.1) is 12.3 Å². The molecule has 1 aliphatic carbocycles. The molecule has 0 amide bonds. The Morgan fingerprint density at radius 1 is 0.789 bits per heavy atom. The largest absolute Gasteiger partial charge is 0.308 e. The Hall–Kier alpha value is -3.65. The molecule has 0 radical (unpaired) electrons. The summed E-state index contributed by atoms with van der Waals surface area (Å²) >= 11 is 0. The summed E-state index contributed by atoms with van der Waals surface area (Å²) in [6.45, 7) is 9.29. The molecule has 0 bridgehead atoms. The predicted molar refractivity (Wildman–Crippen MR) is 163 cm³/mol. The van der Waals surface area contributed by atoms with E-state index < -0.39 is 0 Å². The molecule has 3 heterocycles. The van der Waals surface area contributed by atoms with E-state index in [9.17, 15) is 0 Å². The molecule has 8 rings (SSSR count). The molecular weight excluding hydrogens is 460 g/mol. The molecule has 1 aliphatic rings. The summed E-state index contributed by atoms with van der Waals surface area (Å²) in [7, 11) is 0. The fourth-order valence-corrected chi connectivity index (χ4v) is 7.47. The van der Waals surface area contributed by atoms with Crippen LogP contribution >= 0.6 is 0 Å². The lowest BCUT2D eigenvalue weighted by Gasteiger charge is -2.23. The van der Waals surface area contributed by atoms with Gasteiger partial charge in [-0.05, 0) is 83.0 Å². The van der Waals surface area contributed by atoms with Crippen LogP contribution in [0.5, 0.6) is 0 Å².